The lowest BCUT2D eigenvalue weighted by Crippen LogP contribution is -2.36. The second kappa shape index (κ2) is 11.1. The van der Waals surface area contributed by atoms with Crippen molar-refractivity contribution in [1.82, 2.24) is 9.88 Å². The fraction of sp³-hybridized carbons (Fsp3) is 0.542. The molecule has 194 valence electrons. The molecule has 0 atom stereocenters. The van der Waals surface area contributed by atoms with Gasteiger partial charge in [-0.1, -0.05) is 17.3 Å². The number of nitrogens with zero attached hydrogens (tertiary/aromatic N) is 3. The summed E-state index contributed by atoms with van der Waals surface area (Å²) in [7, 11) is -4.04. The Bertz CT molecular complexity index is 1240. The molecule has 1 aromatic heterocycles. The summed E-state index contributed by atoms with van der Waals surface area (Å²) < 4.78 is 36.7. The quantitative estimate of drug-likeness (QED) is 0.377. The first-order chi connectivity index (χ1) is 17.4. The van der Waals surface area contributed by atoms with Crippen molar-refractivity contribution >= 4 is 48.7 Å². The number of carbonyl (C=O) groups excluding carboxylic acids is 1. The molecule has 0 spiro atoms. The molecule has 2 aliphatic carbocycles. The van der Waals surface area contributed by atoms with E-state index in [9.17, 15) is 17.4 Å². The zero-order valence-corrected chi connectivity index (χ0v) is 22.4. The molecule has 1 aliphatic heterocycles. The number of carbonyl (C=O) groups is 1. The number of hydrogen-bond donors (Lipinski definition) is 1. The third-order valence-electron chi connectivity index (χ3n) is 6.65. The molecule has 12 heteroatoms. The normalized spacial score (nSPS) is 20.5. The zero-order chi connectivity index (χ0) is 25.1. The number of anilines is 1. The smallest absolute Gasteiger partial charge is 0.280 e. The number of thiazole rings is 1. The van der Waals surface area contributed by atoms with E-state index in [0.29, 0.717) is 41.6 Å². The molecular weight excluding hydrogens is 520 g/mol. The van der Waals surface area contributed by atoms with Gasteiger partial charge in [0.15, 0.2) is 20.7 Å². The van der Waals surface area contributed by atoms with Crippen LogP contribution in [-0.2, 0) is 36.8 Å². The molecule has 0 bridgehead atoms. The first-order valence-electron chi connectivity index (χ1n) is 12.3. The summed E-state index contributed by atoms with van der Waals surface area (Å²) in [6, 6.07) is 6.29. The average molecular weight is 551 g/mol. The molecule has 0 radical (unpaired) electrons. The van der Waals surface area contributed by atoms with Crippen LogP contribution in [0, 0.1) is 0 Å². The molecule has 3 aliphatic rings. The van der Waals surface area contributed by atoms with Gasteiger partial charge in [-0.2, -0.15) is 0 Å². The van der Waals surface area contributed by atoms with E-state index in [1.54, 1.807) is 18.3 Å². The van der Waals surface area contributed by atoms with E-state index in [2.05, 4.69) is 20.4 Å². The fourth-order valence-electron chi connectivity index (χ4n) is 4.37. The zero-order valence-electron chi connectivity index (χ0n) is 19.9. The Balaban J connectivity index is 1.30. The number of amides is 1. The molecule has 2 heterocycles. The molecule has 1 amide bonds. The van der Waals surface area contributed by atoms with Gasteiger partial charge >= 0.3 is 0 Å². The number of rotatable bonds is 9. The minimum Gasteiger partial charge on any atom is -0.392 e. The van der Waals surface area contributed by atoms with Crippen molar-refractivity contribution in [3.05, 3.63) is 40.9 Å². The Hall–Kier alpha value is -2.15. The highest BCUT2D eigenvalue weighted by molar-refractivity contribution is 7.92. The molecule has 3 fully saturated rings. The van der Waals surface area contributed by atoms with Crippen LogP contribution in [0.4, 0.5) is 5.13 Å². The second-order valence-electron chi connectivity index (χ2n) is 9.43. The van der Waals surface area contributed by atoms with Crippen molar-refractivity contribution in [2.24, 2.45) is 5.16 Å². The van der Waals surface area contributed by atoms with Gasteiger partial charge in [0, 0.05) is 58.6 Å². The van der Waals surface area contributed by atoms with E-state index in [4.69, 9.17) is 4.84 Å². The summed E-state index contributed by atoms with van der Waals surface area (Å²) in [6.45, 7) is 2.27. The Morgan fingerprint density at radius 3 is 2.50 bits per heavy atom. The predicted octanol–water partition coefficient (Wildman–Crippen LogP) is 2.95. The molecule has 1 saturated heterocycles. The standard InChI is InChI=1S/C24H30N4O5S3/c29-23(26-24-25-15-19(34-24)16-28-11-13-35(30)14-12-28)22(27-33-18-3-1-2-4-18)17-5-7-20(8-6-17)36(31,32)21-9-10-21/h5-8,15,18,21H,1-4,9-14,16H2,(H,25,26,29)/b27-22+. The van der Waals surface area contributed by atoms with Crippen LogP contribution < -0.4 is 5.32 Å². The number of benzene rings is 1. The topological polar surface area (TPSA) is 118 Å². The number of nitrogens with one attached hydrogen (secondary N) is 1. The molecule has 1 N–H and O–H groups in total. The summed E-state index contributed by atoms with van der Waals surface area (Å²) in [6.07, 6.45) is 7.06. The van der Waals surface area contributed by atoms with E-state index >= 15 is 0 Å². The molecule has 36 heavy (non-hydrogen) atoms. The lowest BCUT2D eigenvalue weighted by Gasteiger charge is -2.25. The molecule has 0 unspecified atom stereocenters. The maximum absolute atomic E-state index is 13.2. The molecule has 2 aromatic rings. The van der Waals surface area contributed by atoms with Gasteiger partial charge in [-0.3, -0.25) is 19.2 Å². The number of aromatic nitrogens is 1. The van der Waals surface area contributed by atoms with Gasteiger partial charge in [0.1, 0.15) is 6.10 Å². The van der Waals surface area contributed by atoms with Crippen molar-refractivity contribution in [3.8, 4) is 0 Å². The van der Waals surface area contributed by atoms with Gasteiger partial charge in [-0.05, 0) is 50.7 Å². The van der Waals surface area contributed by atoms with Crippen LogP contribution >= 0.6 is 11.3 Å². The molecule has 2 saturated carbocycles. The largest absolute Gasteiger partial charge is 0.392 e. The van der Waals surface area contributed by atoms with Crippen molar-refractivity contribution in [1.29, 1.82) is 0 Å². The van der Waals surface area contributed by atoms with Crippen LogP contribution in [0.1, 0.15) is 49.0 Å². The lowest BCUT2D eigenvalue weighted by atomic mass is 10.1. The average Bonchev–Trinajstić information content (AvgIpc) is 3.46. The van der Waals surface area contributed by atoms with Gasteiger partial charge in [0.05, 0.1) is 10.1 Å². The Morgan fingerprint density at radius 2 is 1.83 bits per heavy atom. The van der Waals surface area contributed by atoms with Gasteiger partial charge in [-0.25, -0.2) is 13.4 Å². The Labute approximate surface area is 217 Å². The highest BCUT2D eigenvalue weighted by atomic mass is 32.2. The van der Waals surface area contributed by atoms with E-state index < -0.39 is 26.5 Å². The van der Waals surface area contributed by atoms with E-state index in [1.807, 2.05) is 0 Å². The third-order valence-corrected chi connectivity index (χ3v) is 11.1. The number of oxime groups is 1. The van der Waals surface area contributed by atoms with Crippen LogP contribution in [0.5, 0.6) is 0 Å². The van der Waals surface area contributed by atoms with E-state index in [-0.39, 0.29) is 22.0 Å². The fourth-order valence-corrected chi connectivity index (χ4v) is 8.00. The van der Waals surface area contributed by atoms with Crippen molar-refractivity contribution < 1.29 is 22.3 Å². The molecule has 1 aromatic carbocycles. The van der Waals surface area contributed by atoms with Crippen LogP contribution in [0.3, 0.4) is 0 Å². The Morgan fingerprint density at radius 1 is 1.14 bits per heavy atom. The van der Waals surface area contributed by atoms with Crippen LogP contribution in [0.2, 0.25) is 0 Å². The summed E-state index contributed by atoms with van der Waals surface area (Å²) >= 11 is 1.39. The summed E-state index contributed by atoms with van der Waals surface area (Å²) in [5, 5.41) is 7.20. The van der Waals surface area contributed by atoms with Crippen molar-refractivity contribution in [2.75, 3.05) is 29.9 Å². The van der Waals surface area contributed by atoms with Gasteiger partial charge < -0.3 is 4.84 Å². The first-order valence-corrected chi connectivity index (χ1v) is 16.1. The monoisotopic (exact) mass is 550 g/mol. The minimum atomic E-state index is -3.32. The molecule has 5 rings (SSSR count). The minimum absolute atomic E-state index is 0.0207. The summed E-state index contributed by atoms with van der Waals surface area (Å²) in [4.78, 5) is 26.8. The summed E-state index contributed by atoms with van der Waals surface area (Å²) in [5.74, 6) is 0.911. The molecule has 9 nitrogen and oxygen atoms in total. The maximum atomic E-state index is 13.2. The van der Waals surface area contributed by atoms with Crippen molar-refractivity contribution in [3.63, 3.8) is 0 Å². The first kappa shape index (κ1) is 25.5. The maximum Gasteiger partial charge on any atom is 0.280 e. The number of sulfone groups is 1. The van der Waals surface area contributed by atoms with Crippen LogP contribution in [0.25, 0.3) is 0 Å². The third kappa shape index (κ3) is 6.21. The second-order valence-corrected chi connectivity index (χ2v) is 14.5. The SMILES string of the molecule is O=C(Nc1ncc(CN2CCS(=O)CC2)s1)/C(=N/OC1CCCC1)c1ccc(S(=O)(=O)C2CC2)cc1. The highest BCUT2D eigenvalue weighted by Gasteiger charge is 2.36. The van der Waals surface area contributed by atoms with E-state index in [1.165, 1.54) is 23.5 Å². The number of hydrogen-bond acceptors (Lipinski definition) is 9. The van der Waals surface area contributed by atoms with Gasteiger partial charge in [-0.15, -0.1) is 11.3 Å². The highest BCUT2D eigenvalue weighted by Crippen LogP contribution is 2.33. The molecular formula is C24H30N4O5S3. The summed E-state index contributed by atoms with van der Waals surface area (Å²) in [5.41, 5.74) is 0.575. The Kier molecular flexibility index (Phi) is 7.85. The predicted molar refractivity (Wildman–Crippen MR) is 140 cm³/mol. The van der Waals surface area contributed by atoms with E-state index in [0.717, 1.165) is 43.6 Å². The lowest BCUT2D eigenvalue weighted by molar-refractivity contribution is -0.110. The van der Waals surface area contributed by atoms with Crippen molar-refractivity contribution in [2.45, 2.75) is 61.3 Å². The van der Waals surface area contributed by atoms with Gasteiger partial charge in [0.25, 0.3) is 5.91 Å². The van der Waals surface area contributed by atoms with Crippen LogP contribution in [-0.4, -0.2) is 70.1 Å². The van der Waals surface area contributed by atoms with Crippen LogP contribution in [0.15, 0.2) is 40.5 Å². The van der Waals surface area contributed by atoms with Gasteiger partial charge in [0.2, 0.25) is 0 Å².